The van der Waals surface area contributed by atoms with Gasteiger partial charge in [-0.3, -0.25) is 0 Å². The lowest BCUT2D eigenvalue weighted by molar-refractivity contribution is 0.299. The zero-order chi connectivity index (χ0) is 21.7. The Labute approximate surface area is 195 Å². The Balaban J connectivity index is 2.07. The Morgan fingerprint density at radius 1 is 0.900 bits per heavy atom. The van der Waals surface area contributed by atoms with Crippen molar-refractivity contribution in [1.29, 1.82) is 0 Å². The molecule has 0 saturated heterocycles. The fourth-order valence-corrected chi connectivity index (χ4v) is 4.83. The van der Waals surface area contributed by atoms with Gasteiger partial charge in [0.1, 0.15) is 11.5 Å². The molecule has 0 aliphatic carbocycles. The van der Waals surface area contributed by atoms with Gasteiger partial charge in [-0.1, -0.05) is 44.2 Å². The first kappa shape index (κ1) is 22.9. The molecule has 0 fully saturated rings. The Hall–Kier alpha value is -1.82. The maximum absolute atomic E-state index is 9.24. The van der Waals surface area contributed by atoms with Crippen molar-refractivity contribution in [2.75, 3.05) is 13.7 Å². The van der Waals surface area contributed by atoms with Crippen molar-refractivity contribution in [3.05, 3.63) is 85.8 Å². The maximum atomic E-state index is 9.24. The average molecular weight is 534 g/mol. The molecule has 5 heteroatoms. The number of benzene rings is 3. The van der Waals surface area contributed by atoms with Crippen LogP contribution < -0.4 is 9.47 Å². The van der Waals surface area contributed by atoms with Crippen LogP contribution in [0.15, 0.2) is 63.5 Å². The second kappa shape index (κ2) is 10.5. The Bertz CT molecular complexity index is 978. The fourth-order valence-electron chi connectivity index (χ4n) is 3.39. The third-order valence-electron chi connectivity index (χ3n) is 4.94. The highest BCUT2D eigenvalue weighted by molar-refractivity contribution is 9.11. The van der Waals surface area contributed by atoms with Crippen LogP contribution >= 0.6 is 31.9 Å². The van der Waals surface area contributed by atoms with Gasteiger partial charge in [-0.2, -0.15) is 0 Å². The van der Waals surface area contributed by atoms with Gasteiger partial charge in [-0.15, -0.1) is 0 Å². The summed E-state index contributed by atoms with van der Waals surface area (Å²) in [5.41, 5.74) is 4.40. The van der Waals surface area contributed by atoms with Gasteiger partial charge in [-0.25, -0.2) is 0 Å². The number of ether oxygens (including phenoxy) is 2. The van der Waals surface area contributed by atoms with E-state index in [0.717, 1.165) is 43.6 Å². The van der Waals surface area contributed by atoms with Crippen LogP contribution in [0.25, 0.3) is 0 Å². The SMILES string of the molecule is COc1cc(Cc2ccccc2)c(Oc2c(Br)cc(CCO)cc2Br)cc1C(C)C. The summed E-state index contributed by atoms with van der Waals surface area (Å²) >= 11 is 7.26. The number of aliphatic hydroxyl groups is 1. The van der Waals surface area contributed by atoms with Crippen LogP contribution in [0.5, 0.6) is 17.2 Å². The predicted molar refractivity (Wildman–Crippen MR) is 129 cm³/mol. The highest BCUT2D eigenvalue weighted by atomic mass is 79.9. The summed E-state index contributed by atoms with van der Waals surface area (Å²) in [7, 11) is 1.71. The summed E-state index contributed by atoms with van der Waals surface area (Å²) in [6.07, 6.45) is 1.33. The quantitative estimate of drug-likeness (QED) is 0.331. The van der Waals surface area contributed by atoms with Gasteiger partial charge in [-0.05, 0) is 79.6 Å². The van der Waals surface area contributed by atoms with E-state index in [1.165, 1.54) is 5.56 Å². The fraction of sp³-hybridized carbons (Fsp3) is 0.280. The van der Waals surface area contributed by atoms with Crippen LogP contribution in [0.4, 0.5) is 0 Å². The van der Waals surface area contributed by atoms with Crippen molar-refractivity contribution in [3.63, 3.8) is 0 Å². The third-order valence-corrected chi connectivity index (χ3v) is 6.12. The molecule has 30 heavy (non-hydrogen) atoms. The minimum absolute atomic E-state index is 0.108. The van der Waals surface area contributed by atoms with Gasteiger partial charge in [0.15, 0.2) is 5.75 Å². The minimum atomic E-state index is 0.108. The van der Waals surface area contributed by atoms with E-state index in [-0.39, 0.29) is 6.61 Å². The van der Waals surface area contributed by atoms with Crippen LogP contribution in [-0.4, -0.2) is 18.8 Å². The molecule has 0 atom stereocenters. The van der Waals surface area contributed by atoms with Gasteiger partial charge in [0.2, 0.25) is 0 Å². The molecule has 3 aromatic rings. The zero-order valence-electron chi connectivity index (χ0n) is 17.4. The van der Waals surface area contributed by atoms with Crippen LogP contribution in [0.2, 0.25) is 0 Å². The number of halogens is 2. The minimum Gasteiger partial charge on any atom is -0.496 e. The Morgan fingerprint density at radius 2 is 1.57 bits per heavy atom. The molecule has 0 spiro atoms. The number of hydrogen-bond donors (Lipinski definition) is 1. The van der Waals surface area contributed by atoms with E-state index in [0.29, 0.717) is 18.1 Å². The van der Waals surface area contributed by atoms with E-state index >= 15 is 0 Å². The van der Waals surface area contributed by atoms with Gasteiger partial charge in [0, 0.05) is 24.2 Å². The third kappa shape index (κ3) is 5.45. The maximum Gasteiger partial charge on any atom is 0.155 e. The lowest BCUT2D eigenvalue weighted by atomic mass is 9.96. The molecule has 0 amide bonds. The standard InChI is InChI=1S/C25H26Br2O3/c1-16(2)20-15-23(30-25-21(26)12-18(9-10-28)13-22(25)27)19(14-24(20)29-3)11-17-7-5-4-6-8-17/h4-8,12-16,28H,9-11H2,1-3H3. The predicted octanol–water partition coefficient (Wildman–Crippen LogP) is 7.26. The topological polar surface area (TPSA) is 38.7 Å². The molecule has 0 unspecified atom stereocenters. The van der Waals surface area contributed by atoms with Crippen LogP contribution in [-0.2, 0) is 12.8 Å². The molecule has 0 aliphatic rings. The molecule has 3 aromatic carbocycles. The molecule has 0 heterocycles. The lowest BCUT2D eigenvalue weighted by Gasteiger charge is -2.19. The number of rotatable bonds is 8. The molecule has 0 aromatic heterocycles. The van der Waals surface area contributed by atoms with Crippen molar-refractivity contribution in [2.24, 2.45) is 0 Å². The molecule has 0 bridgehead atoms. The molecule has 0 radical (unpaired) electrons. The van der Waals surface area contributed by atoms with Gasteiger partial charge >= 0.3 is 0 Å². The summed E-state index contributed by atoms with van der Waals surface area (Å²) in [4.78, 5) is 0. The van der Waals surface area contributed by atoms with E-state index in [9.17, 15) is 5.11 Å². The Morgan fingerprint density at radius 3 is 2.13 bits per heavy atom. The highest BCUT2D eigenvalue weighted by Gasteiger charge is 2.18. The molecule has 0 saturated carbocycles. The summed E-state index contributed by atoms with van der Waals surface area (Å²) in [6.45, 7) is 4.40. The van der Waals surface area contributed by atoms with E-state index in [2.05, 4.69) is 70.0 Å². The number of methoxy groups -OCH3 is 1. The van der Waals surface area contributed by atoms with Crippen LogP contribution in [0, 0.1) is 0 Å². The molecular weight excluding hydrogens is 508 g/mol. The average Bonchev–Trinajstić information content (AvgIpc) is 2.72. The first-order valence-corrected chi connectivity index (χ1v) is 11.5. The highest BCUT2D eigenvalue weighted by Crippen LogP contribution is 2.42. The molecule has 1 N–H and O–H groups in total. The van der Waals surface area contributed by atoms with Crippen molar-refractivity contribution in [3.8, 4) is 17.2 Å². The smallest absolute Gasteiger partial charge is 0.155 e. The zero-order valence-corrected chi connectivity index (χ0v) is 20.6. The van der Waals surface area contributed by atoms with Crippen molar-refractivity contribution in [2.45, 2.75) is 32.6 Å². The van der Waals surface area contributed by atoms with Gasteiger partial charge in [0.25, 0.3) is 0 Å². The Kier molecular flexibility index (Phi) is 7.98. The van der Waals surface area contributed by atoms with E-state index in [1.54, 1.807) is 7.11 Å². The lowest BCUT2D eigenvalue weighted by Crippen LogP contribution is -2.01. The summed E-state index contributed by atoms with van der Waals surface area (Å²) < 4.78 is 13.8. The monoisotopic (exact) mass is 532 g/mol. The van der Waals surface area contributed by atoms with Crippen molar-refractivity contribution in [1.82, 2.24) is 0 Å². The van der Waals surface area contributed by atoms with Crippen LogP contribution in [0.1, 0.15) is 42.0 Å². The second-order valence-electron chi connectivity index (χ2n) is 7.48. The summed E-state index contributed by atoms with van der Waals surface area (Å²) in [5.74, 6) is 2.69. The van der Waals surface area contributed by atoms with Crippen molar-refractivity contribution < 1.29 is 14.6 Å². The number of aliphatic hydroxyl groups excluding tert-OH is 1. The summed E-state index contributed by atoms with van der Waals surface area (Å²) in [5, 5.41) is 9.24. The first-order chi connectivity index (χ1) is 14.4. The molecule has 0 aliphatic heterocycles. The van der Waals surface area contributed by atoms with E-state index in [1.807, 2.05) is 30.3 Å². The second-order valence-corrected chi connectivity index (χ2v) is 9.19. The molecule has 158 valence electrons. The van der Waals surface area contributed by atoms with Crippen molar-refractivity contribution >= 4 is 31.9 Å². The summed E-state index contributed by atoms with van der Waals surface area (Å²) in [6, 6.07) is 18.5. The van der Waals surface area contributed by atoms with Crippen LogP contribution in [0.3, 0.4) is 0 Å². The molecular formula is C25H26Br2O3. The number of hydrogen-bond acceptors (Lipinski definition) is 3. The first-order valence-electron chi connectivity index (χ1n) is 9.94. The van der Waals surface area contributed by atoms with Gasteiger partial charge < -0.3 is 14.6 Å². The van der Waals surface area contributed by atoms with Gasteiger partial charge in [0.05, 0.1) is 16.1 Å². The van der Waals surface area contributed by atoms with E-state index in [4.69, 9.17) is 9.47 Å². The molecule has 3 rings (SSSR count). The largest absolute Gasteiger partial charge is 0.496 e. The van der Waals surface area contributed by atoms with E-state index < -0.39 is 0 Å². The normalized spacial score (nSPS) is 11.0. The molecule has 3 nitrogen and oxygen atoms in total.